The predicted molar refractivity (Wildman–Crippen MR) is 88.2 cm³/mol. The summed E-state index contributed by atoms with van der Waals surface area (Å²) in [4.78, 5) is 11.8. The average molecular weight is 292 g/mol. The highest BCUT2D eigenvalue weighted by atomic mass is 16.5. The Hall–Kier alpha value is -1.71. The van der Waals surface area contributed by atoms with Crippen molar-refractivity contribution in [3.63, 3.8) is 0 Å². The minimum atomic E-state index is -0.350. The number of unbranched alkanes of at least 4 members (excludes halogenated alkanes) is 7. The van der Waals surface area contributed by atoms with Crippen molar-refractivity contribution in [1.82, 2.24) is 0 Å². The monoisotopic (exact) mass is 292 g/mol. The van der Waals surface area contributed by atoms with Gasteiger partial charge >= 0.3 is 5.97 Å². The van der Waals surface area contributed by atoms with Crippen molar-refractivity contribution >= 4 is 17.3 Å². The Kier molecular flexibility index (Phi) is 8.32. The zero-order chi connectivity index (χ0) is 15.5. The summed E-state index contributed by atoms with van der Waals surface area (Å²) in [6.07, 6.45) is 9.78. The van der Waals surface area contributed by atoms with Gasteiger partial charge in [-0.15, -0.1) is 0 Å². The quantitative estimate of drug-likeness (QED) is 0.386. The number of ether oxygens (including phenoxy) is 1. The van der Waals surface area contributed by atoms with Crippen LogP contribution >= 0.6 is 0 Å². The molecule has 0 aliphatic carbocycles. The first-order valence-corrected chi connectivity index (χ1v) is 7.96. The fraction of sp³-hybridized carbons (Fsp3) is 0.588. The third kappa shape index (κ3) is 7.59. The van der Waals surface area contributed by atoms with Crippen molar-refractivity contribution in [2.45, 2.75) is 58.3 Å². The first-order valence-electron chi connectivity index (χ1n) is 7.96. The lowest BCUT2D eigenvalue weighted by Crippen LogP contribution is -2.07. The van der Waals surface area contributed by atoms with Gasteiger partial charge in [-0.1, -0.05) is 51.9 Å². The molecule has 0 amide bonds. The number of hydrogen-bond acceptors (Lipinski definition) is 4. The van der Waals surface area contributed by atoms with Gasteiger partial charge < -0.3 is 16.2 Å². The third-order valence-corrected chi connectivity index (χ3v) is 3.44. The van der Waals surface area contributed by atoms with Crippen molar-refractivity contribution in [1.29, 1.82) is 0 Å². The molecule has 0 spiro atoms. The van der Waals surface area contributed by atoms with Gasteiger partial charge in [0.1, 0.15) is 0 Å². The molecule has 0 fully saturated rings. The van der Waals surface area contributed by atoms with Crippen LogP contribution in [0, 0.1) is 0 Å². The molecule has 21 heavy (non-hydrogen) atoms. The highest BCUT2D eigenvalue weighted by Gasteiger charge is 2.08. The molecule has 4 nitrogen and oxygen atoms in total. The fourth-order valence-electron chi connectivity index (χ4n) is 2.28. The number of rotatable bonds is 10. The van der Waals surface area contributed by atoms with E-state index >= 15 is 0 Å². The molecular weight excluding hydrogens is 264 g/mol. The number of anilines is 2. The van der Waals surface area contributed by atoms with Crippen LogP contribution in [0.3, 0.4) is 0 Å². The molecule has 0 aromatic heterocycles. The van der Waals surface area contributed by atoms with Crippen molar-refractivity contribution in [2.75, 3.05) is 18.1 Å². The minimum Gasteiger partial charge on any atom is -0.462 e. The molecule has 0 saturated carbocycles. The van der Waals surface area contributed by atoms with Gasteiger partial charge in [0.25, 0.3) is 0 Å². The molecule has 1 rings (SSSR count). The lowest BCUT2D eigenvalue weighted by molar-refractivity contribution is 0.0498. The van der Waals surface area contributed by atoms with E-state index in [1.165, 1.54) is 38.5 Å². The van der Waals surface area contributed by atoms with Gasteiger partial charge in [0, 0.05) is 11.4 Å². The standard InChI is InChI=1S/C17H28N2O2/c1-2-3-4-5-6-7-8-9-10-21-17(20)14-11-15(18)13-16(19)12-14/h11-13H,2-10,18-19H2,1H3. The largest absolute Gasteiger partial charge is 0.462 e. The smallest absolute Gasteiger partial charge is 0.338 e. The molecule has 0 heterocycles. The molecule has 0 aliphatic heterocycles. The summed E-state index contributed by atoms with van der Waals surface area (Å²) < 4.78 is 5.23. The number of esters is 1. The third-order valence-electron chi connectivity index (χ3n) is 3.44. The Morgan fingerprint density at radius 2 is 1.43 bits per heavy atom. The van der Waals surface area contributed by atoms with Crippen LogP contribution in [0.2, 0.25) is 0 Å². The van der Waals surface area contributed by atoms with Crippen molar-refractivity contribution < 1.29 is 9.53 Å². The van der Waals surface area contributed by atoms with Crippen LogP contribution in [0.1, 0.15) is 68.6 Å². The van der Waals surface area contributed by atoms with Gasteiger partial charge in [-0.2, -0.15) is 0 Å². The summed E-state index contributed by atoms with van der Waals surface area (Å²) in [7, 11) is 0. The van der Waals surface area contributed by atoms with E-state index in [0.717, 1.165) is 12.8 Å². The van der Waals surface area contributed by atoms with Crippen LogP contribution in [0.15, 0.2) is 18.2 Å². The van der Waals surface area contributed by atoms with Crippen molar-refractivity contribution in [2.24, 2.45) is 0 Å². The minimum absolute atomic E-state index is 0.350. The van der Waals surface area contributed by atoms with E-state index in [9.17, 15) is 4.79 Å². The van der Waals surface area contributed by atoms with Gasteiger partial charge in [0.05, 0.1) is 12.2 Å². The van der Waals surface area contributed by atoms with Crippen LogP contribution in [0.25, 0.3) is 0 Å². The van der Waals surface area contributed by atoms with E-state index in [4.69, 9.17) is 16.2 Å². The van der Waals surface area contributed by atoms with Crippen LogP contribution in [0.5, 0.6) is 0 Å². The van der Waals surface area contributed by atoms with Gasteiger partial charge in [0.2, 0.25) is 0 Å². The van der Waals surface area contributed by atoms with E-state index in [0.29, 0.717) is 23.5 Å². The Bertz CT molecular complexity index is 413. The van der Waals surface area contributed by atoms with Crippen LogP contribution in [-0.4, -0.2) is 12.6 Å². The maximum absolute atomic E-state index is 11.8. The zero-order valence-electron chi connectivity index (χ0n) is 13.1. The van der Waals surface area contributed by atoms with Crippen molar-refractivity contribution in [3.05, 3.63) is 23.8 Å². The predicted octanol–water partition coefficient (Wildman–Crippen LogP) is 4.15. The summed E-state index contributed by atoms with van der Waals surface area (Å²) in [5.41, 5.74) is 12.7. The van der Waals surface area contributed by atoms with Crippen LogP contribution in [0.4, 0.5) is 11.4 Å². The SMILES string of the molecule is CCCCCCCCCCOC(=O)c1cc(N)cc(N)c1. The number of hydrogen-bond donors (Lipinski definition) is 2. The molecule has 0 saturated heterocycles. The average Bonchev–Trinajstić information content (AvgIpc) is 2.44. The summed E-state index contributed by atoms with van der Waals surface area (Å²) in [5.74, 6) is -0.350. The van der Waals surface area contributed by atoms with Gasteiger partial charge in [0.15, 0.2) is 0 Å². The molecule has 118 valence electrons. The summed E-state index contributed by atoms with van der Waals surface area (Å²) in [6.45, 7) is 2.69. The molecular formula is C17H28N2O2. The van der Waals surface area contributed by atoms with E-state index in [-0.39, 0.29) is 5.97 Å². The zero-order valence-corrected chi connectivity index (χ0v) is 13.1. The Balaban J connectivity index is 2.11. The molecule has 0 aliphatic rings. The second kappa shape index (κ2) is 10.1. The first kappa shape index (κ1) is 17.3. The number of carbonyl (C=O) groups is 1. The fourth-order valence-corrected chi connectivity index (χ4v) is 2.28. The second-order valence-corrected chi connectivity index (χ2v) is 5.50. The van der Waals surface area contributed by atoms with Gasteiger partial charge in [-0.05, 0) is 24.6 Å². The molecule has 1 aromatic rings. The highest BCUT2D eigenvalue weighted by molar-refractivity contribution is 5.91. The summed E-state index contributed by atoms with van der Waals surface area (Å²) in [5, 5.41) is 0. The molecule has 0 unspecified atom stereocenters. The van der Waals surface area contributed by atoms with Crippen LogP contribution < -0.4 is 11.5 Å². The van der Waals surface area contributed by atoms with Crippen molar-refractivity contribution in [3.8, 4) is 0 Å². The molecule has 0 atom stereocenters. The van der Waals surface area contributed by atoms with E-state index < -0.39 is 0 Å². The summed E-state index contributed by atoms with van der Waals surface area (Å²) >= 11 is 0. The lowest BCUT2D eigenvalue weighted by Gasteiger charge is -2.06. The highest BCUT2D eigenvalue weighted by Crippen LogP contribution is 2.15. The Morgan fingerprint density at radius 3 is 2.00 bits per heavy atom. The molecule has 0 radical (unpaired) electrons. The second-order valence-electron chi connectivity index (χ2n) is 5.50. The maximum Gasteiger partial charge on any atom is 0.338 e. The number of carbonyl (C=O) groups excluding carboxylic acids is 1. The van der Waals surface area contributed by atoms with E-state index in [1.807, 2.05) is 0 Å². The number of benzene rings is 1. The Labute approximate surface area is 127 Å². The van der Waals surface area contributed by atoms with Gasteiger partial charge in [-0.25, -0.2) is 4.79 Å². The van der Waals surface area contributed by atoms with Crippen LogP contribution in [-0.2, 0) is 4.74 Å². The van der Waals surface area contributed by atoms with E-state index in [2.05, 4.69) is 6.92 Å². The normalized spacial score (nSPS) is 10.5. The van der Waals surface area contributed by atoms with E-state index in [1.54, 1.807) is 18.2 Å². The number of nitrogen functional groups attached to an aromatic ring is 2. The lowest BCUT2D eigenvalue weighted by atomic mass is 10.1. The molecule has 0 bridgehead atoms. The maximum atomic E-state index is 11.8. The summed E-state index contributed by atoms with van der Waals surface area (Å²) in [6, 6.07) is 4.80. The molecule has 1 aromatic carbocycles. The topological polar surface area (TPSA) is 78.3 Å². The Morgan fingerprint density at radius 1 is 0.905 bits per heavy atom. The molecule has 4 N–H and O–H groups in total. The molecule has 4 heteroatoms. The van der Waals surface area contributed by atoms with Gasteiger partial charge in [-0.3, -0.25) is 0 Å². The number of nitrogens with two attached hydrogens (primary N) is 2. The first-order chi connectivity index (χ1) is 10.1.